The molecule has 0 heterocycles. The highest BCUT2D eigenvalue weighted by Crippen LogP contribution is 2.07. The molecule has 0 aromatic carbocycles. The lowest BCUT2D eigenvalue weighted by Crippen LogP contribution is -2.42. The molecule has 1 unspecified atom stereocenters. The molecule has 0 aliphatic rings. The molecule has 3 nitrogen and oxygen atoms in total. The Bertz CT molecular complexity index is 202. The molecule has 0 aromatic heterocycles. The van der Waals surface area contributed by atoms with Crippen molar-refractivity contribution < 1.29 is 9.53 Å². The maximum Gasteiger partial charge on any atom is 0.246 e. The summed E-state index contributed by atoms with van der Waals surface area (Å²) in [4.78, 5) is 13.3. The summed E-state index contributed by atoms with van der Waals surface area (Å²) in [6.07, 6.45) is 2.47. The second kappa shape index (κ2) is 7.46. The van der Waals surface area contributed by atoms with Crippen molar-refractivity contribution in [3.05, 3.63) is 12.7 Å². The second-order valence-electron chi connectivity index (χ2n) is 3.77. The Morgan fingerprint density at radius 1 is 1.47 bits per heavy atom. The molecule has 0 radical (unpaired) electrons. The van der Waals surface area contributed by atoms with Crippen LogP contribution < -0.4 is 0 Å². The van der Waals surface area contributed by atoms with Crippen LogP contribution >= 0.6 is 0 Å². The van der Waals surface area contributed by atoms with Gasteiger partial charge in [0, 0.05) is 6.54 Å². The Kier molecular flexibility index (Phi) is 7.05. The van der Waals surface area contributed by atoms with E-state index in [2.05, 4.69) is 13.5 Å². The Morgan fingerprint density at radius 3 is 2.40 bits per heavy atom. The summed E-state index contributed by atoms with van der Waals surface area (Å²) < 4.78 is 5.54. The first-order chi connectivity index (χ1) is 7.06. The summed E-state index contributed by atoms with van der Waals surface area (Å²) in [7, 11) is 0. The lowest BCUT2D eigenvalue weighted by Gasteiger charge is -2.29. The number of hydrogen-bond donors (Lipinski definition) is 0. The molecule has 88 valence electrons. The van der Waals surface area contributed by atoms with E-state index in [-0.39, 0.29) is 18.1 Å². The van der Waals surface area contributed by atoms with Crippen LogP contribution in [0.4, 0.5) is 0 Å². The summed E-state index contributed by atoms with van der Waals surface area (Å²) in [5, 5.41) is 0. The predicted octanol–water partition coefficient (Wildman–Crippen LogP) is 2.22. The third-order valence-corrected chi connectivity index (χ3v) is 2.33. The summed E-state index contributed by atoms with van der Waals surface area (Å²) in [5.74, 6) is -0.0169. The summed E-state index contributed by atoms with van der Waals surface area (Å²) in [6, 6.07) is 0.155. The largest absolute Gasteiger partial charge is 0.377 e. The predicted molar refractivity (Wildman–Crippen MR) is 62.8 cm³/mol. The SMILES string of the molecule is C=CC(=O)N(CC)C(CC)COC(C)C. The van der Waals surface area contributed by atoms with E-state index < -0.39 is 0 Å². The van der Waals surface area contributed by atoms with Crippen LogP contribution in [0.2, 0.25) is 0 Å². The molecule has 0 aromatic rings. The van der Waals surface area contributed by atoms with E-state index in [4.69, 9.17) is 4.74 Å². The zero-order chi connectivity index (χ0) is 11.8. The van der Waals surface area contributed by atoms with Gasteiger partial charge in [0.05, 0.1) is 18.8 Å². The zero-order valence-corrected chi connectivity index (χ0v) is 10.3. The quantitative estimate of drug-likeness (QED) is 0.607. The van der Waals surface area contributed by atoms with Crippen molar-refractivity contribution in [3.63, 3.8) is 0 Å². The maximum absolute atomic E-state index is 11.5. The molecule has 0 bridgehead atoms. The number of hydrogen-bond acceptors (Lipinski definition) is 2. The highest BCUT2D eigenvalue weighted by atomic mass is 16.5. The van der Waals surface area contributed by atoms with Crippen LogP contribution in [0.25, 0.3) is 0 Å². The minimum Gasteiger partial charge on any atom is -0.377 e. The number of carbonyl (C=O) groups excluding carboxylic acids is 1. The van der Waals surface area contributed by atoms with Crippen molar-refractivity contribution in [1.29, 1.82) is 0 Å². The highest BCUT2D eigenvalue weighted by molar-refractivity contribution is 5.87. The van der Waals surface area contributed by atoms with E-state index in [0.29, 0.717) is 13.2 Å². The van der Waals surface area contributed by atoms with Crippen LogP contribution in [0.1, 0.15) is 34.1 Å². The number of likely N-dealkylation sites (N-methyl/N-ethyl adjacent to an activating group) is 1. The molecule has 0 saturated carbocycles. The molecule has 0 fully saturated rings. The third-order valence-electron chi connectivity index (χ3n) is 2.33. The van der Waals surface area contributed by atoms with E-state index >= 15 is 0 Å². The first-order valence-corrected chi connectivity index (χ1v) is 5.61. The average Bonchev–Trinajstić information content (AvgIpc) is 2.22. The number of carbonyl (C=O) groups is 1. The lowest BCUT2D eigenvalue weighted by molar-refractivity contribution is -0.129. The molecule has 0 aliphatic carbocycles. The summed E-state index contributed by atoms with van der Waals surface area (Å²) >= 11 is 0. The van der Waals surface area contributed by atoms with Gasteiger partial charge in [-0.3, -0.25) is 4.79 Å². The second-order valence-corrected chi connectivity index (χ2v) is 3.77. The first kappa shape index (κ1) is 14.2. The van der Waals surface area contributed by atoms with E-state index in [9.17, 15) is 4.79 Å². The molecule has 0 N–H and O–H groups in total. The zero-order valence-electron chi connectivity index (χ0n) is 10.3. The Labute approximate surface area is 93.1 Å². The fraction of sp³-hybridized carbons (Fsp3) is 0.750. The number of rotatable bonds is 7. The van der Waals surface area contributed by atoms with Crippen LogP contribution in [0, 0.1) is 0 Å². The van der Waals surface area contributed by atoms with Gasteiger partial charge in [-0.15, -0.1) is 0 Å². The molecule has 0 saturated heterocycles. The van der Waals surface area contributed by atoms with Gasteiger partial charge >= 0.3 is 0 Å². The van der Waals surface area contributed by atoms with Crippen molar-refractivity contribution in [3.8, 4) is 0 Å². The van der Waals surface area contributed by atoms with Crippen molar-refractivity contribution in [2.24, 2.45) is 0 Å². The average molecular weight is 213 g/mol. The Balaban J connectivity index is 4.33. The van der Waals surface area contributed by atoms with Gasteiger partial charge in [0.25, 0.3) is 0 Å². The van der Waals surface area contributed by atoms with E-state index in [1.807, 2.05) is 20.8 Å². The molecular formula is C12H23NO2. The van der Waals surface area contributed by atoms with Crippen molar-refractivity contribution in [2.75, 3.05) is 13.2 Å². The fourth-order valence-corrected chi connectivity index (χ4v) is 1.44. The number of amides is 1. The molecular weight excluding hydrogens is 190 g/mol. The summed E-state index contributed by atoms with van der Waals surface area (Å²) in [5.41, 5.74) is 0. The van der Waals surface area contributed by atoms with E-state index in [1.165, 1.54) is 6.08 Å². The molecule has 1 atom stereocenters. The topological polar surface area (TPSA) is 29.5 Å². The molecule has 1 amide bonds. The van der Waals surface area contributed by atoms with Crippen LogP contribution in [0.3, 0.4) is 0 Å². The van der Waals surface area contributed by atoms with Gasteiger partial charge in [-0.1, -0.05) is 13.5 Å². The van der Waals surface area contributed by atoms with Crippen LogP contribution in [-0.4, -0.2) is 36.1 Å². The van der Waals surface area contributed by atoms with Gasteiger partial charge in [-0.2, -0.15) is 0 Å². The first-order valence-electron chi connectivity index (χ1n) is 5.61. The van der Waals surface area contributed by atoms with Crippen molar-refractivity contribution in [2.45, 2.75) is 46.3 Å². The number of nitrogens with zero attached hydrogens (tertiary/aromatic N) is 1. The normalized spacial score (nSPS) is 12.6. The van der Waals surface area contributed by atoms with E-state index in [0.717, 1.165) is 6.42 Å². The third kappa shape index (κ3) is 4.98. The van der Waals surface area contributed by atoms with Gasteiger partial charge in [0.15, 0.2) is 0 Å². The maximum atomic E-state index is 11.5. The minimum absolute atomic E-state index is 0.0169. The molecule has 3 heteroatoms. The summed E-state index contributed by atoms with van der Waals surface area (Å²) in [6.45, 7) is 12.8. The van der Waals surface area contributed by atoms with Gasteiger partial charge in [0.1, 0.15) is 0 Å². The highest BCUT2D eigenvalue weighted by Gasteiger charge is 2.19. The van der Waals surface area contributed by atoms with Gasteiger partial charge in [0.2, 0.25) is 5.91 Å². The molecule has 15 heavy (non-hydrogen) atoms. The van der Waals surface area contributed by atoms with Gasteiger partial charge in [-0.05, 0) is 33.3 Å². The van der Waals surface area contributed by atoms with Crippen molar-refractivity contribution in [1.82, 2.24) is 4.90 Å². The number of ether oxygens (including phenoxy) is 1. The molecule has 0 rings (SSSR count). The van der Waals surface area contributed by atoms with Crippen LogP contribution in [0.15, 0.2) is 12.7 Å². The Hall–Kier alpha value is -0.830. The van der Waals surface area contributed by atoms with Crippen LogP contribution in [-0.2, 0) is 9.53 Å². The molecule has 0 spiro atoms. The smallest absolute Gasteiger partial charge is 0.246 e. The van der Waals surface area contributed by atoms with E-state index in [1.54, 1.807) is 4.90 Å². The standard InChI is InChI=1S/C12H23NO2/c1-6-11(9-15-10(4)5)13(8-3)12(14)7-2/h7,10-11H,2,6,8-9H2,1,3-5H3. The van der Waals surface area contributed by atoms with Gasteiger partial charge < -0.3 is 9.64 Å². The van der Waals surface area contributed by atoms with Crippen LogP contribution in [0.5, 0.6) is 0 Å². The minimum atomic E-state index is -0.0169. The lowest BCUT2D eigenvalue weighted by atomic mass is 10.2. The molecule has 0 aliphatic heterocycles. The fourth-order valence-electron chi connectivity index (χ4n) is 1.44. The monoisotopic (exact) mass is 213 g/mol. The van der Waals surface area contributed by atoms with Gasteiger partial charge in [-0.25, -0.2) is 0 Å². The Morgan fingerprint density at radius 2 is 2.07 bits per heavy atom. The van der Waals surface area contributed by atoms with Crippen molar-refractivity contribution >= 4 is 5.91 Å².